The maximum Gasteiger partial charge on any atom is 0.197 e. The maximum absolute atomic E-state index is 13.7. The number of pyridine rings is 1. The summed E-state index contributed by atoms with van der Waals surface area (Å²) in [6, 6.07) is 9.83. The van der Waals surface area contributed by atoms with Crippen molar-refractivity contribution in [1.29, 1.82) is 5.26 Å². The zero-order chi connectivity index (χ0) is 25.8. The van der Waals surface area contributed by atoms with Crippen molar-refractivity contribution in [2.45, 2.75) is 57.4 Å². The second kappa shape index (κ2) is 8.97. The third-order valence-electron chi connectivity index (χ3n) is 9.00. The number of aromatic amines is 1. The van der Waals surface area contributed by atoms with E-state index in [1.54, 1.807) is 12.3 Å². The minimum atomic E-state index is -0.391. The van der Waals surface area contributed by atoms with Crippen LogP contribution in [-0.2, 0) is 10.2 Å². The summed E-state index contributed by atoms with van der Waals surface area (Å²) in [5.74, 6) is 0.963. The van der Waals surface area contributed by atoms with Gasteiger partial charge in [0.2, 0.25) is 0 Å². The van der Waals surface area contributed by atoms with Gasteiger partial charge in [-0.3, -0.25) is 9.69 Å². The van der Waals surface area contributed by atoms with Crippen LogP contribution in [0.25, 0.3) is 10.9 Å². The number of carbonyl (C=O) groups excluding carboxylic acids is 1. The Morgan fingerprint density at radius 1 is 1.14 bits per heavy atom. The van der Waals surface area contributed by atoms with E-state index >= 15 is 0 Å². The molecule has 4 heterocycles. The second-order valence-corrected chi connectivity index (χ2v) is 11.4. The molecule has 2 aliphatic heterocycles. The van der Waals surface area contributed by atoms with Crippen LogP contribution in [0.2, 0.25) is 0 Å². The van der Waals surface area contributed by atoms with Gasteiger partial charge in [-0.2, -0.15) is 5.26 Å². The highest BCUT2D eigenvalue weighted by atomic mass is 16.5. The molecule has 1 aromatic carbocycles. The van der Waals surface area contributed by atoms with Crippen LogP contribution in [0.5, 0.6) is 0 Å². The van der Waals surface area contributed by atoms with Gasteiger partial charge in [-0.05, 0) is 43.0 Å². The normalized spacial score (nSPS) is 20.9. The average Bonchev–Trinajstić information content (AvgIpc) is 3.33. The van der Waals surface area contributed by atoms with E-state index in [0.29, 0.717) is 16.7 Å². The van der Waals surface area contributed by atoms with Gasteiger partial charge < -0.3 is 14.6 Å². The van der Waals surface area contributed by atoms with Crippen LogP contribution in [0.1, 0.15) is 79.2 Å². The number of fused-ring (bicyclic) bond motifs is 4. The van der Waals surface area contributed by atoms with Crippen LogP contribution in [0, 0.1) is 11.3 Å². The van der Waals surface area contributed by atoms with Crippen LogP contribution < -0.4 is 4.90 Å². The first kappa shape index (κ1) is 24.1. The Balaban J connectivity index is 1.31. The van der Waals surface area contributed by atoms with Crippen molar-refractivity contribution in [2.75, 3.05) is 44.3 Å². The lowest BCUT2D eigenvalue weighted by Gasteiger charge is -2.50. The van der Waals surface area contributed by atoms with Crippen LogP contribution in [-0.4, -0.2) is 65.6 Å². The lowest BCUT2D eigenvalue weighted by Crippen LogP contribution is -2.58. The van der Waals surface area contributed by atoms with Crippen LogP contribution in [0.3, 0.4) is 0 Å². The van der Waals surface area contributed by atoms with Crippen molar-refractivity contribution >= 4 is 22.5 Å². The smallest absolute Gasteiger partial charge is 0.197 e. The predicted molar refractivity (Wildman–Crippen MR) is 144 cm³/mol. The van der Waals surface area contributed by atoms with Crippen LogP contribution in [0.4, 0.5) is 5.82 Å². The number of carbonyl (C=O) groups is 1. The summed E-state index contributed by atoms with van der Waals surface area (Å²) in [5.41, 5.74) is 4.59. The van der Waals surface area contributed by atoms with E-state index in [-0.39, 0.29) is 11.3 Å². The lowest BCUT2D eigenvalue weighted by atomic mass is 9.72. The standard InChI is InChI=1S/C30H35N5O2/c1-4-7-30(35-12-14-37-15-13-35)8-10-34(11-9-30)25-17-23-22(19-32-25)27(36)26-21-6-5-20(18-31)16-24(21)33-28(26)29(23,2)3/h5-6,16-17,19,33H,4,7-15H2,1-3H3. The fourth-order valence-corrected chi connectivity index (χ4v) is 6.94. The molecule has 37 heavy (non-hydrogen) atoms. The summed E-state index contributed by atoms with van der Waals surface area (Å²) in [5, 5.41) is 10.2. The number of ether oxygens (including phenoxy) is 1. The fourth-order valence-electron chi connectivity index (χ4n) is 6.94. The Labute approximate surface area is 218 Å². The van der Waals surface area contributed by atoms with Gasteiger partial charge in [0.05, 0.1) is 30.4 Å². The molecule has 0 spiro atoms. The highest BCUT2D eigenvalue weighted by molar-refractivity contribution is 6.20. The number of piperidine rings is 1. The van der Waals surface area contributed by atoms with E-state index in [1.165, 1.54) is 12.8 Å². The quantitative estimate of drug-likeness (QED) is 0.559. The topological polar surface area (TPSA) is 85.2 Å². The van der Waals surface area contributed by atoms with Gasteiger partial charge in [-0.25, -0.2) is 4.98 Å². The number of hydrogen-bond acceptors (Lipinski definition) is 6. The summed E-state index contributed by atoms with van der Waals surface area (Å²) >= 11 is 0. The van der Waals surface area contributed by atoms with Gasteiger partial charge in [-0.15, -0.1) is 0 Å². The molecule has 0 bridgehead atoms. The number of aromatic nitrogens is 2. The van der Waals surface area contributed by atoms with Gasteiger partial charge in [0, 0.05) is 65.5 Å². The van der Waals surface area contributed by atoms with Crippen molar-refractivity contribution in [3.8, 4) is 6.07 Å². The summed E-state index contributed by atoms with van der Waals surface area (Å²) in [4.78, 5) is 27.1. The molecule has 1 N–H and O–H groups in total. The molecule has 0 radical (unpaired) electrons. The number of nitrogens with zero attached hydrogens (tertiary/aromatic N) is 4. The summed E-state index contributed by atoms with van der Waals surface area (Å²) in [6.45, 7) is 12.3. The Hall–Kier alpha value is -3.21. The first-order valence-corrected chi connectivity index (χ1v) is 13.6. The largest absolute Gasteiger partial charge is 0.379 e. The Morgan fingerprint density at radius 3 is 2.59 bits per heavy atom. The van der Waals surface area contributed by atoms with Gasteiger partial charge in [0.15, 0.2) is 5.78 Å². The summed E-state index contributed by atoms with van der Waals surface area (Å²) in [6.07, 6.45) is 6.44. The Bertz CT molecular complexity index is 1400. The number of hydrogen-bond donors (Lipinski definition) is 1. The van der Waals surface area contributed by atoms with Gasteiger partial charge in [0.1, 0.15) is 5.82 Å². The zero-order valence-electron chi connectivity index (χ0n) is 22.1. The van der Waals surface area contributed by atoms with E-state index < -0.39 is 5.41 Å². The number of rotatable bonds is 4. The summed E-state index contributed by atoms with van der Waals surface area (Å²) in [7, 11) is 0. The number of nitriles is 1. The van der Waals surface area contributed by atoms with Crippen molar-refractivity contribution in [3.05, 3.63) is 58.4 Å². The molecule has 1 aliphatic carbocycles. The lowest BCUT2D eigenvalue weighted by molar-refractivity contribution is -0.0362. The third kappa shape index (κ3) is 3.77. The molecule has 6 rings (SSSR count). The molecule has 7 nitrogen and oxygen atoms in total. The van der Waals surface area contributed by atoms with Crippen molar-refractivity contribution in [3.63, 3.8) is 0 Å². The number of nitrogens with one attached hydrogen (secondary N) is 1. The van der Waals surface area contributed by atoms with E-state index in [0.717, 1.165) is 80.2 Å². The molecule has 2 aromatic heterocycles. The SMILES string of the molecule is CCCC1(N2CCOCC2)CCN(c2cc3c(cn2)C(=O)c2c([nH]c4cc(C#N)ccc24)C3(C)C)CC1. The molecule has 2 fully saturated rings. The molecule has 0 atom stereocenters. The number of anilines is 1. The molecular weight excluding hydrogens is 462 g/mol. The molecule has 192 valence electrons. The minimum absolute atomic E-state index is 0.00672. The third-order valence-corrected chi connectivity index (χ3v) is 9.00. The van der Waals surface area contributed by atoms with Crippen LogP contribution >= 0.6 is 0 Å². The van der Waals surface area contributed by atoms with E-state index in [2.05, 4.69) is 47.7 Å². The van der Waals surface area contributed by atoms with E-state index in [1.807, 2.05) is 12.1 Å². The second-order valence-electron chi connectivity index (χ2n) is 11.4. The van der Waals surface area contributed by atoms with E-state index in [9.17, 15) is 10.1 Å². The molecule has 0 saturated carbocycles. The predicted octanol–water partition coefficient (Wildman–Crippen LogP) is 4.78. The summed E-state index contributed by atoms with van der Waals surface area (Å²) < 4.78 is 5.63. The average molecular weight is 498 g/mol. The van der Waals surface area contributed by atoms with Crippen molar-refractivity contribution < 1.29 is 9.53 Å². The van der Waals surface area contributed by atoms with Gasteiger partial charge in [-0.1, -0.05) is 33.3 Å². The number of H-pyrrole nitrogens is 1. The number of ketones is 1. The number of morpholine rings is 1. The molecule has 0 unspecified atom stereocenters. The molecule has 2 saturated heterocycles. The maximum atomic E-state index is 13.7. The van der Waals surface area contributed by atoms with Gasteiger partial charge >= 0.3 is 0 Å². The molecule has 3 aliphatic rings. The molecule has 0 amide bonds. The Kier molecular flexibility index (Phi) is 5.85. The van der Waals surface area contributed by atoms with Gasteiger partial charge in [0.25, 0.3) is 0 Å². The van der Waals surface area contributed by atoms with Crippen LogP contribution in [0.15, 0.2) is 30.5 Å². The highest BCUT2D eigenvalue weighted by Gasteiger charge is 2.42. The number of benzene rings is 1. The molecular formula is C30H35N5O2. The zero-order valence-corrected chi connectivity index (χ0v) is 22.1. The Morgan fingerprint density at radius 2 is 1.89 bits per heavy atom. The van der Waals surface area contributed by atoms with E-state index in [4.69, 9.17) is 9.72 Å². The highest BCUT2D eigenvalue weighted by Crippen LogP contribution is 2.45. The van der Waals surface area contributed by atoms with Crippen molar-refractivity contribution in [2.24, 2.45) is 0 Å². The minimum Gasteiger partial charge on any atom is -0.379 e. The molecule has 7 heteroatoms. The first-order chi connectivity index (χ1) is 17.9. The monoisotopic (exact) mass is 497 g/mol. The first-order valence-electron chi connectivity index (χ1n) is 13.6. The van der Waals surface area contributed by atoms with Crippen molar-refractivity contribution in [1.82, 2.24) is 14.9 Å². The fraction of sp³-hybridized carbons (Fsp3) is 0.500. The molecule has 3 aromatic rings.